The van der Waals surface area contributed by atoms with Crippen LogP contribution >= 0.6 is 0 Å². The van der Waals surface area contributed by atoms with Gasteiger partial charge in [-0.2, -0.15) is 0 Å². The van der Waals surface area contributed by atoms with Crippen LogP contribution in [0.25, 0.3) is 0 Å². The van der Waals surface area contributed by atoms with Crippen LogP contribution in [0.1, 0.15) is 25.5 Å². The lowest BCUT2D eigenvalue weighted by atomic mass is 10.1. The molecule has 0 radical (unpaired) electrons. The highest BCUT2D eigenvalue weighted by molar-refractivity contribution is 5.78. The summed E-state index contributed by atoms with van der Waals surface area (Å²) in [5, 5.41) is 5.92. The second-order valence-corrected chi connectivity index (χ2v) is 3.84. The van der Waals surface area contributed by atoms with Crippen molar-refractivity contribution in [2.24, 2.45) is 0 Å². The Morgan fingerprint density at radius 2 is 2.00 bits per heavy atom. The van der Waals surface area contributed by atoms with Gasteiger partial charge in [-0.25, -0.2) is 0 Å². The van der Waals surface area contributed by atoms with E-state index in [9.17, 15) is 4.79 Å². The second kappa shape index (κ2) is 6.91. The van der Waals surface area contributed by atoms with E-state index in [4.69, 9.17) is 4.74 Å². The molecular formula is C13H20N2O2. The van der Waals surface area contributed by atoms with Gasteiger partial charge in [0.25, 0.3) is 0 Å². The minimum absolute atomic E-state index is 0.00654. The molecule has 0 aliphatic rings. The third kappa shape index (κ3) is 4.44. The normalized spacial score (nSPS) is 11.9. The number of carbonyl (C=O) groups excluding carboxylic acids is 1. The molecule has 0 heterocycles. The molecule has 1 aromatic carbocycles. The average Bonchev–Trinajstić information content (AvgIpc) is 2.36. The number of amides is 1. The van der Waals surface area contributed by atoms with Gasteiger partial charge in [0.1, 0.15) is 5.75 Å². The number of carbonyl (C=O) groups is 1. The Morgan fingerprint density at radius 1 is 1.35 bits per heavy atom. The second-order valence-electron chi connectivity index (χ2n) is 3.84. The summed E-state index contributed by atoms with van der Waals surface area (Å²) in [7, 11) is 1.64. The third-order valence-electron chi connectivity index (χ3n) is 2.53. The summed E-state index contributed by atoms with van der Waals surface area (Å²) in [5.41, 5.74) is 1.07. The minimum atomic E-state index is 0.00654. The first-order valence-electron chi connectivity index (χ1n) is 5.81. The Labute approximate surface area is 102 Å². The van der Waals surface area contributed by atoms with E-state index in [1.165, 1.54) is 0 Å². The van der Waals surface area contributed by atoms with Crippen LogP contribution in [0.2, 0.25) is 0 Å². The van der Waals surface area contributed by atoms with Gasteiger partial charge < -0.3 is 15.4 Å². The predicted octanol–water partition coefficient (Wildman–Crippen LogP) is 1.48. The van der Waals surface area contributed by atoms with Crippen molar-refractivity contribution >= 4 is 5.91 Å². The van der Waals surface area contributed by atoms with Gasteiger partial charge in [-0.3, -0.25) is 4.79 Å². The number of benzene rings is 1. The molecule has 0 aliphatic carbocycles. The van der Waals surface area contributed by atoms with Crippen LogP contribution in [0.5, 0.6) is 5.75 Å². The lowest BCUT2D eigenvalue weighted by Gasteiger charge is -2.14. The quantitative estimate of drug-likeness (QED) is 0.786. The first kappa shape index (κ1) is 13.5. The molecule has 0 aliphatic heterocycles. The van der Waals surface area contributed by atoms with E-state index >= 15 is 0 Å². The first-order chi connectivity index (χ1) is 8.17. The number of rotatable bonds is 6. The van der Waals surface area contributed by atoms with E-state index in [-0.39, 0.29) is 11.9 Å². The number of ether oxygens (including phenoxy) is 1. The summed E-state index contributed by atoms with van der Waals surface area (Å²) in [6.07, 6.45) is 0. The van der Waals surface area contributed by atoms with Crippen LogP contribution in [-0.2, 0) is 4.79 Å². The maximum absolute atomic E-state index is 11.5. The fraction of sp³-hybridized carbons (Fsp3) is 0.462. The molecule has 0 fully saturated rings. The lowest BCUT2D eigenvalue weighted by molar-refractivity contribution is -0.120. The van der Waals surface area contributed by atoms with Crippen molar-refractivity contribution in [3.8, 4) is 5.75 Å². The molecule has 0 saturated carbocycles. The summed E-state index contributed by atoms with van der Waals surface area (Å²) >= 11 is 0. The van der Waals surface area contributed by atoms with E-state index in [1.807, 2.05) is 38.1 Å². The van der Waals surface area contributed by atoms with E-state index in [1.54, 1.807) is 7.11 Å². The van der Waals surface area contributed by atoms with Crippen LogP contribution in [0.3, 0.4) is 0 Å². The molecule has 17 heavy (non-hydrogen) atoms. The topological polar surface area (TPSA) is 50.4 Å². The van der Waals surface area contributed by atoms with Crippen molar-refractivity contribution in [3.63, 3.8) is 0 Å². The Balaban J connectivity index is 2.51. The van der Waals surface area contributed by atoms with Gasteiger partial charge >= 0.3 is 0 Å². The summed E-state index contributed by atoms with van der Waals surface area (Å²) in [5.74, 6) is 0.829. The number of likely N-dealkylation sites (N-methyl/N-ethyl adjacent to an activating group) is 1. The van der Waals surface area contributed by atoms with Crippen LogP contribution < -0.4 is 15.4 Å². The van der Waals surface area contributed by atoms with Crippen LogP contribution in [0, 0.1) is 0 Å². The molecule has 1 rings (SSSR count). The Hall–Kier alpha value is -1.55. The molecular weight excluding hydrogens is 216 g/mol. The summed E-state index contributed by atoms with van der Waals surface area (Å²) < 4.78 is 5.09. The van der Waals surface area contributed by atoms with E-state index in [2.05, 4.69) is 10.6 Å². The number of hydrogen-bond donors (Lipinski definition) is 2. The van der Waals surface area contributed by atoms with Gasteiger partial charge in [0.2, 0.25) is 5.91 Å². The zero-order chi connectivity index (χ0) is 12.7. The molecule has 1 amide bonds. The Kier molecular flexibility index (Phi) is 5.49. The van der Waals surface area contributed by atoms with Gasteiger partial charge in [-0.05, 0) is 31.2 Å². The van der Waals surface area contributed by atoms with E-state index < -0.39 is 0 Å². The largest absolute Gasteiger partial charge is 0.497 e. The van der Waals surface area contributed by atoms with E-state index in [0.717, 1.165) is 17.9 Å². The fourth-order valence-corrected chi connectivity index (χ4v) is 1.51. The van der Waals surface area contributed by atoms with Crippen molar-refractivity contribution in [2.75, 3.05) is 20.2 Å². The van der Waals surface area contributed by atoms with Crippen LogP contribution in [0.15, 0.2) is 24.3 Å². The molecule has 1 aromatic rings. The molecule has 0 spiro atoms. The number of methoxy groups -OCH3 is 1. The maximum atomic E-state index is 11.5. The van der Waals surface area contributed by atoms with Gasteiger partial charge in [0.05, 0.1) is 19.7 Å². The molecule has 0 saturated heterocycles. The van der Waals surface area contributed by atoms with Crippen LogP contribution in [-0.4, -0.2) is 26.1 Å². The van der Waals surface area contributed by atoms with Gasteiger partial charge in [0, 0.05) is 0 Å². The smallest absolute Gasteiger partial charge is 0.234 e. The minimum Gasteiger partial charge on any atom is -0.497 e. The standard InChI is InChI=1S/C13H20N2O2/c1-4-14-9-13(16)15-10(2)11-5-7-12(17-3)8-6-11/h5-8,10,14H,4,9H2,1-3H3,(H,15,16)/t10-/m1/s1. The van der Waals surface area contributed by atoms with Crippen molar-refractivity contribution < 1.29 is 9.53 Å². The molecule has 1 atom stereocenters. The fourth-order valence-electron chi connectivity index (χ4n) is 1.51. The molecule has 0 aromatic heterocycles. The van der Waals surface area contributed by atoms with Crippen molar-refractivity contribution in [2.45, 2.75) is 19.9 Å². The summed E-state index contributed by atoms with van der Waals surface area (Å²) in [4.78, 5) is 11.5. The SMILES string of the molecule is CCNCC(=O)N[C@H](C)c1ccc(OC)cc1. The highest BCUT2D eigenvalue weighted by Crippen LogP contribution is 2.16. The average molecular weight is 236 g/mol. The van der Waals surface area contributed by atoms with Gasteiger partial charge in [-0.1, -0.05) is 19.1 Å². The predicted molar refractivity (Wildman–Crippen MR) is 68.1 cm³/mol. The molecule has 94 valence electrons. The Bertz CT molecular complexity index is 349. The lowest BCUT2D eigenvalue weighted by Crippen LogP contribution is -2.35. The molecule has 4 nitrogen and oxygen atoms in total. The van der Waals surface area contributed by atoms with Crippen LogP contribution in [0.4, 0.5) is 0 Å². The number of hydrogen-bond acceptors (Lipinski definition) is 3. The number of nitrogens with one attached hydrogen (secondary N) is 2. The molecule has 4 heteroatoms. The third-order valence-corrected chi connectivity index (χ3v) is 2.53. The van der Waals surface area contributed by atoms with Crippen molar-refractivity contribution in [1.29, 1.82) is 0 Å². The van der Waals surface area contributed by atoms with Gasteiger partial charge in [-0.15, -0.1) is 0 Å². The molecule has 0 unspecified atom stereocenters. The molecule has 0 bridgehead atoms. The summed E-state index contributed by atoms with van der Waals surface area (Å²) in [6.45, 7) is 5.09. The zero-order valence-electron chi connectivity index (χ0n) is 10.6. The van der Waals surface area contributed by atoms with Crippen molar-refractivity contribution in [3.05, 3.63) is 29.8 Å². The Morgan fingerprint density at radius 3 is 2.53 bits per heavy atom. The van der Waals surface area contributed by atoms with E-state index in [0.29, 0.717) is 6.54 Å². The van der Waals surface area contributed by atoms with Gasteiger partial charge in [0.15, 0.2) is 0 Å². The van der Waals surface area contributed by atoms with Crippen molar-refractivity contribution in [1.82, 2.24) is 10.6 Å². The zero-order valence-corrected chi connectivity index (χ0v) is 10.6. The maximum Gasteiger partial charge on any atom is 0.234 e. The first-order valence-corrected chi connectivity index (χ1v) is 5.81. The highest BCUT2D eigenvalue weighted by atomic mass is 16.5. The highest BCUT2D eigenvalue weighted by Gasteiger charge is 2.08. The molecule has 2 N–H and O–H groups in total. The monoisotopic (exact) mass is 236 g/mol. The summed E-state index contributed by atoms with van der Waals surface area (Å²) in [6, 6.07) is 7.70.